The molecule has 42 heavy (non-hydrogen) atoms. The maximum absolute atomic E-state index is 13.2. The Kier molecular flexibility index (Phi) is 10.7. The van der Waals surface area contributed by atoms with Crippen LogP contribution >= 0.6 is 23.1 Å². The number of benzene rings is 3. The highest BCUT2D eigenvalue weighted by atomic mass is 32.2. The van der Waals surface area contributed by atoms with E-state index in [1.54, 1.807) is 20.3 Å². The number of ether oxygens (including phenoxy) is 3. The van der Waals surface area contributed by atoms with Crippen LogP contribution in [-0.4, -0.2) is 42.9 Å². The zero-order valence-corrected chi connectivity index (χ0v) is 26.4. The third kappa shape index (κ3) is 7.74. The molecule has 4 aromatic rings. The number of thiazole rings is 1. The van der Waals surface area contributed by atoms with Gasteiger partial charge in [-0.3, -0.25) is 9.59 Å². The van der Waals surface area contributed by atoms with Gasteiger partial charge < -0.3 is 24.8 Å². The maximum atomic E-state index is 13.2. The topological polar surface area (TPSA) is 98.8 Å². The predicted molar refractivity (Wildman–Crippen MR) is 171 cm³/mol. The first-order chi connectivity index (χ1) is 20.2. The number of carbonyl (C=O) groups excluding carboxylic acids is 2. The molecule has 10 heteroatoms. The number of rotatable bonds is 13. The number of aromatic nitrogens is 1. The van der Waals surface area contributed by atoms with Gasteiger partial charge in [0.1, 0.15) is 17.2 Å². The maximum Gasteiger partial charge on any atom is 0.259 e. The Morgan fingerprint density at radius 3 is 2.48 bits per heavy atom. The molecule has 2 N–H and O–H groups in total. The SMILES string of the molecule is CCCC(C)Oc1ccc(C(=O)Nc2ccc3sc(SCC(=O)NC(C)c4ccc(OC)cc4)nc3c2)c(OC)c1C. The number of fused-ring (bicyclic) bond motifs is 1. The van der Waals surface area contributed by atoms with Crippen molar-refractivity contribution in [2.45, 2.75) is 57.0 Å². The van der Waals surface area contributed by atoms with Gasteiger partial charge in [0, 0.05) is 11.3 Å². The van der Waals surface area contributed by atoms with Crippen LogP contribution in [0.15, 0.2) is 58.9 Å². The summed E-state index contributed by atoms with van der Waals surface area (Å²) in [5, 5.41) is 5.99. The van der Waals surface area contributed by atoms with Crippen LogP contribution in [0.2, 0.25) is 0 Å². The first-order valence-corrected chi connectivity index (χ1v) is 15.6. The molecule has 3 aromatic carbocycles. The van der Waals surface area contributed by atoms with Crippen molar-refractivity contribution in [3.05, 3.63) is 71.3 Å². The molecule has 0 aliphatic carbocycles. The lowest BCUT2D eigenvalue weighted by Crippen LogP contribution is -2.28. The van der Waals surface area contributed by atoms with Gasteiger partial charge >= 0.3 is 0 Å². The highest BCUT2D eigenvalue weighted by Gasteiger charge is 2.19. The third-order valence-electron chi connectivity index (χ3n) is 6.77. The molecule has 0 saturated carbocycles. The Balaban J connectivity index is 1.38. The standard InChI is InChI=1S/C32H37N3O5S2/c1-7-8-19(2)40-27-15-14-25(30(39-6)20(27)3)31(37)34-23-11-16-28-26(17-23)35-32(42-28)41-18-29(36)33-21(4)22-9-12-24(38-5)13-10-22/h9-17,19,21H,7-8,18H2,1-6H3,(H,33,36)(H,34,37). The molecule has 8 nitrogen and oxygen atoms in total. The summed E-state index contributed by atoms with van der Waals surface area (Å²) < 4.78 is 18.6. The summed E-state index contributed by atoms with van der Waals surface area (Å²) in [7, 11) is 3.18. The normalized spacial score (nSPS) is 12.4. The van der Waals surface area contributed by atoms with E-state index in [9.17, 15) is 9.59 Å². The van der Waals surface area contributed by atoms with Crippen LogP contribution in [0, 0.1) is 6.92 Å². The molecule has 0 bridgehead atoms. The first kappa shape index (κ1) is 31.2. The molecule has 2 unspecified atom stereocenters. The monoisotopic (exact) mass is 607 g/mol. The lowest BCUT2D eigenvalue weighted by Gasteiger charge is -2.19. The molecular formula is C32H37N3O5S2. The second-order valence-corrected chi connectivity index (χ2v) is 12.2. The quantitative estimate of drug-likeness (QED) is 0.153. The second kappa shape index (κ2) is 14.4. The van der Waals surface area contributed by atoms with Crippen molar-refractivity contribution in [2.75, 3.05) is 25.3 Å². The summed E-state index contributed by atoms with van der Waals surface area (Å²) in [6.07, 6.45) is 2.05. The second-order valence-electron chi connectivity index (χ2n) is 9.95. The summed E-state index contributed by atoms with van der Waals surface area (Å²) >= 11 is 2.90. The molecule has 222 valence electrons. The number of amides is 2. The largest absolute Gasteiger partial charge is 0.497 e. The molecule has 2 atom stereocenters. The van der Waals surface area contributed by atoms with Gasteiger partial charge in [-0.05, 0) is 75.2 Å². The molecular weight excluding hydrogens is 571 g/mol. The minimum Gasteiger partial charge on any atom is -0.497 e. The van der Waals surface area contributed by atoms with Gasteiger partial charge in [0.15, 0.2) is 4.34 Å². The molecule has 0 aliphatic rings. The van der Waals surface area contributed by atoms with Crippen molar-refractivity contribution in [1.29, 1.82) is 0 Å². The Hall–Kier alpha value is -3.76. The van der Waals surface area contributed by atoms with Crippen LogP contribution < -0.4 is 24.8 Å². The van der Waals surface area contributed by atoms with E-state index >= 15 is 0 Å². The number of thioether (sulfide) groups is 1. The van der Waals surface area contributed by atoms with Crippen LogP contribution in [0.5, 0.6) is 17.2 Å². The van der Waals surface area contributed by atoms with Crippen LogP contribution in [-0.2, 0) is 4.79 Å². The molecule has 1 aromatic heterocycles. The average Bonchev–Trinajstić information content (AvgIpc) is 3.39. The molecule has 1 heterocycles. The highest BCUT2D eigenvalue weighted by molar-refractivity contribution is 8.01. The van der Waals surface area contributed by atoms with Crippen LogP contribution in [0.1, 0.15) is 61.1 Å². The van der Waals surface area contributed by atoms with E-state index in [0.717, 1.165) is 44.3 Å². The Morgan fingerprint density at radius 2 is 1.79 bits per heavy atom. The molecule has 0 spiro atoms. The van der Waals surface area contributed by atoms with E-state index < -0.39 is 0 Å². The van der Waals surface area contributed by atoms with Gasteiger partial charge in [-0.1, -0.05) is 37.2 Å². The number of carbonyl (C=O) groups is 2. The Bertz CT molecular complexity index is 1540. The number of hydrogen-bond acceptors (Lipinski definition) is 8. The van der Waals surface area contributed by atoms with E-state index in [2.05, 4.69) is 22.5 Å². The fraction of sp³-hybridized carbons (Fsp3) is 0.344. The van der Waals surface area contributed by atoms with E-state index in [-0.39, 0.29) is 29.7 Å². The average molecular weight is 608 g/mol. The zero-order chi connectivity index (χ0) is 30.2. The molecule has 0 aliphatic heterocycles. The minimum atomic E-state index is -0.282. The molecule has 2 amide bonds. The smallest absolute Gasteiger partial charge is 0.259 e. The lowest BCUT2D eigenvalue weighted by atomic mass is 10.1. The van der Waals surface area contributed by atoms with Gasteiger partial charge in [-0.2, -0.15) is 0 Å². The molecule has 0 fully saturated rings. The van der Waals surface area contributed by atoms with Gasteiger partial charge in [-0.25, -0.2) is 4.98 Å². The van der Waals surface area contributed by atoms with Crippen molar-refractivity contribution >= 4 is 50.8 Å². The molecule has 0 radical (unpaired) electrons. The predicted octanol–water partition coefficient (Wildman–Crippen LogP) is 7.41. The van der Waals surface area contributed by atoms with Crippen molar-refractivity contribution < 1.29 is 23.8 Å². The van der Waals surface area contributed by atoms with Gasteiger partial charge in [0.2, 0.25) is 5.91 Å². The number of nitrogens with zero attached hydrogens (tertiary/aromatic N) is 1. The summed E-state index contributed by atoms with van der Waals surface area (Å²) in [5.41, 5.74) is 3.59. The van der Waals surface area contributed by atoms with Crippen molar-refractivity contribution in [2.24, 2.45) is 0 Å². The number of hydrogen-bond donors (Lipinski definition) is 2. The number of nitrogens with one attached hydrogen (secondary N) is 2. The van der Waals surface area contributed by atoms with E-state index in [0.29, 0.717) is 22.7 Å². The number of methoxy groups -OCH3 is 2. The fourth-order valence-corrected chi connectivity index (χ4v) is 6.42. The highest BCUT2D eigenvalue weighted by Crippen LogP contribution is 2.34. The minimum absolute atomic E-state index is 0.0725. The molecule has 4 rings (SSSR count). The summed E-state index contributed by atoms with van der Waals surface area (Å²) in [4.78, 5) is 30.5. The summed E-state index contributed by atoms with van der Waals surface area (Å²) in [5.74, 6) is 1.87. The van der Waals surface area contributed by atoms with E-state index in [4.69, 9.17) is 14.2 Å². The Labute approximate surface area is 255 Å². The van der Waals surface area contributed by atoms with Crippen LogP contribution in [0.4, 0.5) is 5.69 Å². The van der Waals surface area contributed by atoms with E-state index in [1.165, 1.54) is 23.1 Å². The van der Waals surface area contributed by atoms with E-state index in [1.807, 2.05) is 69.3 Å². The van der Waals surface area contributed by atoms with Gasteiger partial charge in [0.25, 0.3) is 5.91 Å². The Morgan fingerprint density at radius 1 is 1.02 bits per heavy atom. The van der Waals surface area contributed by atoms with Gasteiger partial charge in [-0.15, -0.1) is 11.3 Å². The zero-order valence-electron chi connectivity index (χ0n) is 24.8. The number of anilines is 1. The summed E-state index contributed by atoms with van der Waals surface area (Å²) in [6, 6.07) is 16.7. The van der Waals surface area contributed by atoms with Crippen molar-refractivity contribution in [3.8, 4) is 17.2 Å². The van der Waals surface area contributed by atoms with Crippen molar-refractivity contribution in [3.63, 3.8) is 0 Å². The lowest BCUT2D eigenvalue weighted by molar-refractivity contribution is -0.119. The van der Waals surface area contributed by atoms with Gasteiger partial charge in [0.05, 0.1) is 47.9 Å². The van der Waals surface area contributed by atoms with Crippen molar-refractivity contribution in [1.82, 2.24) is 10.3 Å². The van der Waals surface area contributed by atoms with Crippen LogP contribution in [0.3, 0.4) is 0 Å². The summed E-state index contributed by atoms with van der Waals surface area (Å²) in [6.45, 7) is 8.00. The first-order valence-electron chi connectivity index (χ1n) is 13.8. The molecule has 0 saturated heterocycles. The fourth-order valence-electron chi connectivity index (χ4n) is 4.56. The third-order valence-corrected chi connectivity index (χ3v) is 8.95. The van der Waals surface area contributed by atoms with Crippen LogP contribution in [0.25, 0.3) is 10.2 Å².